The molecule has 3 aliphatic rings. The molecule has 0 aromatic carbocycles. The maximum absolute atomic E-state index is 13.6. The highest BCUT2D eigenvalue weighted by Gasteiger charge is 2.44. The minimum absolute atomic E-state index is 0.0900. The number of carbonyl (C=O) groups is 1. The van der Waals surface area contributed by atoms with E-state index in [2.05, 4.69) is 43.2 Å². The molecular formula is C23H27N7O2. The Morgan fingerprint density at radius 2 is 2.06 bits per heavy atom. The van der Waals surface area contributed by atoms with Crippen LogP contribution in [0.5, 0.6) is 0 Å². The third-order valence-corrected chi connectivity index (χ3v) is 7.11. The van der Waals surface area contributed by atoms with Gasteiger partial charge in [0.1, 0.15) is 11.5 Å². The molecule has 0 spiro atoms. The van der Waals surface area contributed by atoms with Gasteiger partial charge in [-0.25, -0.2) is 9.97 Å². The van der Waals surface area contributed by atoms with Crippen LogP contribution < -0.4 is 10.2 Å². The van der Waals surface area contributed by atoms with Gasteiger partial charge in [-0.3, -0.25) is 15.0 Å². The second kappa shape index (κ2) is 7.51. The normalized spacial score (nSPS) is 28.1. The van der Waals surface area contributed by atoms with E-state index in [1.165, 1.54) is 18.5 Å². The molecule has 2 aliphatic carbocycles. The molecule has 3 fully saturated rings. The average Bonchev–Trinajstić information content (AvgIpc) is 3.36. The number of rotatable bonds is 4. The molecule has 3 aromatic rings. The fourth-order valence-electron chi connectivity index (χ4n) is 5.19. The highest BCUT2D eigenvalue weighted by molar-refractivity contribution is 5.95. The molecule has 1 saturated heterocycles. The first-order valence-electron chi connectivity index (χ1n) is 11.4. The molecule has 1 N–H and O–H groups in total. The van der Waals surface area contributed by atoms with Crippen LogP contribution in [0.2, 0.25) is 0 Å². The summed E-state index contributed by atoms with van der Waals surface area (Å²) in [6, 6.07) is 6.01. The first kappa shape index (κ1) is 19.6. The molecule has 9 nitrogen and oxygen atoms in total. The molecule has 0 bridgehead atoms. The second-order valence-electron chi connectivity index (χ2n) is 9.38. The standard InChI is InChI=1S/C23H27N7O2/c1-13-8-18-16(9-20(13)29-10-19(24-11-29)15-6-7-15)23(31)30(12-25-18)21-5-3-4-17(26-21)22-28-27-14(2)32-22/h3-5,10-11,13,15-16,18,20,25H,6-9,12H2,1-2H3. The largest absolute Gasteiger partial charge is 0.420 e. The molecule has 3 aromatic heterocycles. The molecule has 1 amide bonds. The Morgan fingerprint density at radius 3 is 2.84 bits per heavy atom. The fraction of sp³-hybridized carbons (Fsp3) is 0.522. The molecule has 4 atom stereocenters. The van der Waals surface area contributed by atoms with E-state index in [0.29, 0.717) is 41.8 Å². The summed E-state index contributed by atoms with van der Waals surface area (Å²) in [5.41, 5.74) is 1.77. The van der Waals surface area contributed by atoms with Crippen molar-refractivity contribution in [1.29, 1.82) is 0 Å². The van der Waals surface area contributed by atoms with Crippen LogP contribution in [-0.2, 0) is 4.79 Å². The first-order valence-corrected chi connectivity index (χ1v) is 11.4. The van der Waals surface area contributed by atoms with Crippen molar-refractivity contribution in [3.05, 3.63) is 42.3 Å². The summed E-state index contributed by atoms with van der Waals surface area (Å²) in [5.74, 6) is 2.59. The zero-order valence-electron chi connectivity index (χ0n) is 18.3. The Bertz CT molecular complexity index is 1150. The number of hydrogen-bond acceptors (Lipinski definition) is 7. The Hall–Kier alpha value is -3.07. The van der Waals surface area contributed by atoms with Crippen molar-refractivity contribution in [1.82, 2.24) is 30.0 Å². The third kappa shape index (κ3) is 3.40. The summed E-state index contributed by atoms with van der Waals surface area (Å²) in [4.78, 5) is 24.6. The van der Waals surface area contributed by atoms with Crippen LogP contribution in [-0.4, -0.2) is 43.4 Å². The zero-order chi connectivity index (χ0) is 21.8. The van der Waals surface area contributed by atoms with Crippen LogP contribution >= 0.6 is 0 Å². The number of anilines is 1. The Balaban J connectivity index is 1.24. The average molecular weight is 434 g/mol. The summed E-state index contributed by atoms with van der Waals surface area (Å²) in [5, 5.41) is 11.5. The molecule has 4 heterocycles. The van der Waals surface area contributed by atoms with Gasteiger partial charge < -0.3 is 8.98 Å². The van der Waals surface area contributed by atoms with Gasteiger partial charge in [0.25, 0.3) is 5.89 Å². The first-order chi connectivity index (χ1) is 15.6. The van der Waals surface area contributed by atoms with Crippen molar-refractivity contribution in [3.8, 4) is 11.6 Å². The lowest BCUT2D eigenvalue weighted by atomic mass is 9.74. The van der Waals surface area contributed by atoms with Crippen molar-refractivity contribution in [2.45, 2.75) is 57.5 Å². The summed E-state index contributed by atoms with van der Waals surface area (Å²) in [6.07, 6.45) is 8.43. The molecule has 4 unspecified atom stereocenters. The minimum Gasteiger partial charge on any atom is -0.420 e. The number of aryl methyl sites for hydroxylation is 1. The second-order valence-corrected chi connectivity index (χ2v) is 9.38. The van der Waals surface area contributed by atoms with Crippen molar-refractivity contribution < 1.29 is 9.21 Å². The van der Waals surface area contributed by atoms with Gasteiger partial charge in [0.2, 0.25) is 11.8 Å². The van der Waals surface area contributed by atoms with Crippen LogP contribution in [0, 0.1) is 18.8 Å². The smallest absolute Gasteiger partial charge is 0.266 e. The van der Waals surface area contributed by atoms with E-state index >= 15 is 0 Å². The molecule has 32 heavy (non-hydrogen) atoms. The number of imidazole rings is 1. The van der Waals surface area contributed by atoms with Crippen LogP contribution in [0.3, 0.4) is 0 Å². The molecule has 6 rings (SSSR count). The van der Waals surface area contributed by atoms with Gasteiger partial charge in [0.15, 0.2) is 0 Å². The van der Waals surface area contributed by atoms with Gasteiger partial charge in [-0.2, -0.15) is 0 Å². The van der Waals surface area contributed by atoms with Crippen molar-refractivity contribution in [2.75, 3.05) is 11.6 Å². The van der Waals surface area contributed by atoms with Gasteiger partial charge in [-0.15, -0.1) is 10.2 Å². The van der Waals surface area contributed by atoms with E-state index in [0.717, 1.165) is 12.8 Å². The van der Waals surface area contributed by atoms with E-state index in [1.54, 1.807) is 11.8 Å². The molecule has 1 aliphatic heterocycles. The summed E-state index contributed by atoms with van der Waals surface area (Å²) in [6.45, 7) is 4.48. The monoisotopic (exact) mass is 433 g/mol. The number of aromatic nitrogens is 5. The third-order valence-electron chi connectivity index (χ3n) is 7.11. The number of carbonyl (C=O) groups excluding carboxylic acids is 1. The number of nitrogens with one attached hydrogen (secondary N) is 1. The highest BCUT2D eigenvalue weighted by Crippen LogP contribution is 2.42. The van der Waals surface area contributed by atoms with Crippen LogP contribution in [0.15, 0.2) is 35.1 Å². The maximum Gasteiger partial charge on any atom is 0.266 e. The van der Waals surface area contributed by atoms with Gasteiger partial charge in [0.05, 0.1) is 24.6 Å². The van der Waals surface area contributed by atoms with Gasteiger partial charge >= 0.3 is 0 Å². The van der Waals surface area contributed by atoms with E-state index in [1.807, 2.05) is 24.5 Å². The van der Waals surface area contributed by atoms with Crippen LogP contribution in [0.1, 0.15) is 56.2 Å². The number of fused-ring (bicyclic) bond motifs is 1. The van der Waals surface area contributed by atoms with E-state index in [4.69, 9.17) is 4.42 Å². The quantitative estimate of drug-likeness (QED) is 0.675. The lowest BCUT2D eigenvalue weighted by Crippen LogP contribution is -2.60. The lowest BCUT2D eigenvalue weighted by Gasteiger charge is -2.45. The highest BCUT2D eigenvalue weighted by atomic mass is 16.4. The van der Waals surface area contributed by atoms with Gasteiger partial charge in [-0.05, 0) is 43.7 Å². The van der Waals surface area contributed by atoms with Crippen molar-refractivity contribution in [2.24, 2.45) is 11.8 Å². The predicted molar refractivity (Wildman–Crippen MR) is 117 cm³/mol. The number of amides is 1. The van der Waals surface area contributed by atoms with E-state index < -0.39 is 0 Å². The predicted octanol–water partition coefficient (Wildman–Crippen LogP) is 3.06. The zero-order valence-corrected chi connectivity index (χ0v) is 18.3. The van der Waals surface area contributed by atoms with Crippen LogP contribution in [0.4, 0.5) is 5.82 Å². The summed E-state index contributed by atoms with van der Waals surface area (Å²) >= 11 is 0. The number of hydrogen-bond donors (Lipinski definition) is 1. The molecule has 166 valence electrons. The Labute approximate surface area is 186 Å². The summed E-state index contributed by atoms with van der Waals surface area (Å²) in [7, 11) is 0. The number of pyridine rings is 1. The maximum atomic E-state index is 13.6. The Kier molecular flexibility index (Phi) is 4.60. The molecule has 9 heteroatoms. The lowest BCUT2D eigenvalue weighted by molar-refractivity contribution is -0.127. The van der Waals surface area contributed by atoms with Gasteiger partial charge in [0, 0.05) is 31.1 Å². The number of nitrogens with zero attached hydrogens (tertiary/aromatic N) is 6. The summed E-state index contributed by atoms with van der Waals surface area (Å²) < 4.78 is 7.76. The molecule has 0 radical (unpaired) electrons. The minimum atomic E-state index is -0.0900. The van der Waals surface area contributed by atoms with Crippen molar-refractivity contribution in [3.63, 3.8) is 0 Å². The SMILES string of the molecule is Cc1nnc(-c2cccc(N3CNC4CC(C)C(n5cnc(C6CC6)c5)CC4C3=O)n2)o1. The molecular weight excluding hydrogens is 406 g/mol. The molecule has 2 saturated carbocycles. The Morgan fingerprint density at radius 1 is 1.19 bits per heavy atom. The van der Waals surface area contributed by atoms with E-state index in [-0.39, 0.29) is 23.9 Å². The fourth-order valence-corrected chi connectivity index (χ4v) is 5.19. The van der Waals surface area contributed by atoms with E-state index in [9.17, 15) is 4.79 Å². The topological polar surface area (TPSA) is 102 Å². The van der Waals surface area contributed by atoms with Crippen LogP contribution in [0.25, 0.3) is 11.6 Å². The van der Waals surface area contributed by atoms with Crippen molar-refractivity contribution >= 4 is 11.7 Å². The van der Waals surface area contributed by atoms with Gasteiger partial charge in [-0.1, -0.05) is 13.0 Å².